The van der Waals surface area contributed by atoms with E-state index in [0.29, 0.717) is 17.1 Å². The van der Waals surface area contributed by atoms with Crippen LogP contribution in [-0.4, -0.2) is 14.2 Å². The molecule has 4 heteroatoms. The minimum Gasteiger partial charge on any atom is -0.493 e. The Labute approximate surface area is 102 Å². The van der Waals surface area contributed by atoms with Crippen molar-refractivity contribution >= 4 is 0 Å². The first-order chi connectivity index (χ1) is 8.13. The summed E-state index contributed by atoms with van der Waals surface area (Å²) in [5, 5.41) is 0. The number of hydrogen-bond donors (Lipinski definition) is 1. The average Bonchev–Trinajstić information content (AvgIpc) is 2.35. The molecule has 0 amide bonds. The smallest absolute Gasteiger partial charge is 0.163 e. The highest BCUT2D eigenvalue weighted by Gasteiger charge is 2.16. The zero-order valence-corrected chi connectivity index (χ0v) is 10.6. The molecule has 1 rings (SSSR count). The Morgan fingerprint density at radius 2 is 1.82 bits per heavy atom. The monoisotopic (exact) mass is 241 g/mol. The van der Waals surface area contributed by atoms with E-state index >= 15 is 0 Å². The maximum absolute atomic E-state index is 13.8. The Hall–Kier alpha value is -1.29. The molecule has 0 aromatic heterocycles. The van der Waals surface area contributed by atoms with E-state index in [1.165, 1.54) is 20.3 Å². The maximum atomic E-state index is 13.8. The molecule has 96 valence electrons. The summed E-state index contributed by atoms with van der Waals surface area (Å²) in [6, 6.07) is 2.64. The molecule has 3 nitrogen and oxygen atoms in total. The quantitative estimate of drug-likeness (QED) is 0.832. The van der Waals surface area contributed by atoms with Crippen molar-refractivity contribution in [2.75, 3.05) is 14.2 Å². The van der Waals surface area contributed by atoms with Crippen LogP contribution in [0.4, 0.5) is 4.39 Å². The summed E-state index contributed by atoms with van der Waals surface area (Å²) in [6.45, 7) is 2.08. The molecule has 0 aliphatic carbocycles. The fourth-order valence-corrected chi connectivity index (χ4v) is 1.73. The minimum absolute atomic E-state index is 0.297. The average molecular weight is 241 g/mol. The zero-order chi connectivity index (χ0) is 12.8. The molecule has 1 aromatic carbocycles. The van der Waals surface area contributed by atoms with Crippen LogP contribution in [0.1, 0.15) is 37.8 Å². The lowest BCUT2D eigenvalue weighted by Gasteiger charge is -2.15. The molecule has 0 fully saturated rings. The first-order valence-corrected chi connectivity index (χ1v) is 5.81. The number of ether oxygens (including phenoxy) is 2. The number of hydrogen-bond acceptors (Lipinski definition) is 3. The van der Waals surface area contributed by atoms with Gasteiger partial charge in [0.15, 0.2) is 11.5 Å². The van der Waals surface area contributed by atoms with Gasteiger partial charge in [0.1, 0.15) is 5.82 Å². The van der Waals surface area contributed by atoms with Crippen LogP contribution in [0.25, 0.3) is 0 Å². The van der Waals surface area contributed by atoms with Crippen molar-refractivity contribution in [2.24, 2.45) is 5.73 Å². The van der Waals surface area contributed by atoms with E-state index in [0.717, 1.165) is 19.3 Å². The SMILES string of the molecule is CCCCC(N)c1cc(OC)c(OC)cc1F. The number of benzene rings is 1. The molecule has 0 saturated heterocycles. The van der Waals surface area contributed by atoms with Crippen LogP contribution in [0.15, 0.2) is 12.1 Å². The second kappa shape index (κ2) is 6.45. The van der Waals surface area contributed by atoms with Crippen LogP contribution in [-0.2, 0) is 0 Å². The highest BCUT2D eigenvalue weighted by atomic mass is 19.1. The van der Waals surface area contributed by atoms with Crippen molar-refractivity contribution < 1.29 is 13.9 Å². The van der Waals surface area contributed by atoms with Crippen LogP contribution in [0.5, 0.6) is 11.5 Å². The van der Waals surface area contributed by atoms with Gasteiger partial charge in [0, 0.05) is 17.7 Å². The third-order valence-electron chi connectivity index (χ3n) is 2.77. The number of rotatable bonds is 6. The Balaban J connectivity index is 2.99. The summed E-state index contributed by atoms with van der Waals surface area (Å²) >= 11 is 0. The summed E-state index contributed by atoms with van der Waals surface area (Å²) in [5.74, 6) is 0.554. The van der Waals surface area contributed by atoms with Crippen LogP contribution in [0.2, 0.25) is 0 Å². The van der Waals surface area contributed by atoms with Gasteiger partial charge in [-0.15, -0.1) is 0 Å². The van der Waals surface area contributed by atoms with E-state index in [4.69, 9.17) is 15.2 Å². The van der Waals surface area contributed by atoms with E-state index in [1.807, 2.05) is 0 Å². The number of unbranched alkanes of at least 4 members (excludes halogenated alkanes) is 1. The fourth-order valence-electron chi connectivity index (χ4n) is 1.73. The Bertz CT molecular complexity index is 369. The van der Waals surface area contributed by atoms with Gasteiger partial charge in [0.25, 0.3) is 0 Å². The lowest BCUT2D eigenvalue weighted by atomic mass is 10.0. The van der Waals surface area contributed by atoms with Gasteiger partial charge in [-0.3, -0.25) is 0 Å². The summed E-state index contributed by atoms with van der Waals surface area (Å²) < 4.78 is 24.0. The second-order valence-corrected chi connectivity index (χ2v) is 3.98. The summed E-state index contributed by atoms with van der Waals surface area (Å²) in [4.78, 5) is 0. The van der Waals surface area contributed by atoms with Gasteiger partial charge in [-0.25, -0.2) is 4.39 Å². The molecular weight excluding hydrogens is 221 g/mol. The fraction of sp³-hybridized carbons (Fsp3) is 0.538. The van der Waals surface area contributed by atoms with Gasteiger partial charge < -0.3 is 15.2 Å². The van der Waals surface area contributed by atoms with Crippen LogP contribution in [0.3, 0.4) is 0 Å². The molecule has 1 aromatic rings. The topological polar surface area (TPSA) is 44.5 Å². The molecule has 17 heavy (non-hydrogen) atoms. The molecule has 2 N–H and O–H groups in total. The molecule has 0 radical (unpaired) electrons. The van der Waals surface area contributed by atoms with E-state index in [9.17, 15) is 4.39 Å². The van der Waals surface area contributed by atoms with Crippen molar-refractivity contribution in [3.63, 3.8) is 0 Å². The van der Waals surface area contributed by atoms with E-state index in [1.54, 1.807) is 6.07 Å². The van der Waals surface area contributed by atoms with Gasteiger partial charge in [0.2, 0.25) is 0 Å². The summed E-state index contributed by atoms with van der Waals surface area (Å²) in [7, 11) is 3.01. The second-order valence-electron chi connectivity index (χ2n) is 3.98. The number of methoxy groups -OCH3 is 2. The number of halogens is 1. The molecule has 0 saturated carbocycles. The molecule has 0 aliphatic heterocycles. The van der Waals surface area contributed by atoms with E-state index in [2.05, 4.69) is 6.92 Å². The Morgan fingerprint density at radius 3 is 2.35 bits per heavy atom. The summed E-state index contributed by atoms with van der Waals surface area (Å²) in [6.07, 6.45) is 2.79. The summed E-state index contributed by atoms with van der Waals surface area (Å²) in [5.41, 5.74) is 6.44. The highest BCUT2D eigenvalue weighted by Crippen LogP contribution is 2.32. The predicted octanol–water partition coefficient (Wildman–Crippen LogP) is 3.03. The third kappa shape index (κ3) is 3.33. The van der Waals surface area contributed by atoms with Crippen molar-refractivity contribution in [2.45, 2.75) is 32.2 Å². The van der Waals surface area contributed by atoms with Gasteiger partial charge in [0.05, 0.1) is 14.2 Å². The lowest BCUT2D eigenvalue weighted by molar-refractivity contribution is 0.350. The molecule has 0 aliphatic rings. The zero-order valence-electron chi connectivity index (χ0n) is 10.6. The van der Waals surface area contributed by atoms with Gasteiger partial charge >= 0.3 is 0 Å². The van der Waals surface area contributed by atoms with Crippen LogP contribution < -0.4 is 15.2 Å². The third-order valence-corrected chi connectivity index (χ3v) is 2.77. The van der Waals surface area contributed by atoms with Crippen molar-refractivity contribution in [1.82, 2.24) is 0 Å². The molecule has 0 bridgehead atoms. The van der Waals surface area contributed by atoms with E-state index < -0.39 is 0 Å². The molecule has 0 spiro atoms. The maximum Gasteiger partial charge on any atom is 0.163 e. The normalized spacial score (nSPS) is 12.3. The Kier molecular flexibility index (Phi) is 5.22. The van der Waals surface area contributed by atoms with Crippen LogP contribution >= 0.6 is 0 Å². The first kappa shape index (κ1) is 13.8. The first-order valence-electron chi connectivity index (χ1n) is 5.81. The van der Waals surface area contributed by atoms with Crippen LogP contribution in [0, 0.1) is 5.82 Å². The molecule has 0 heterocycles. The van der Waals surface area contributed by atoms with Gasteiger partial charge in [-0.2, -0.15) is 0 Å². The molecular formula is C13H20FNO2. The largest absolute Gasteiger partial charge is 0.493 e. The van der Waals surface area contributed by atoms with Crippen molar-refractivity contribution in [3.8, 4) is 11.5 Å². The highest BCUT2D eigenvalue weighted by molar-refractivity contribution is 5.44. The van der Waals surface area contributed by atoms with Crippen molar-refractivity contribution in [3.05, 3.63) is 23.5 Å². The minimum atomic E-state index is -0.341. The predicted molar refractivity (Wildman–Crippen MR) is 66.0 cm³/mol. The lowest BCUT2D eigenvalue weighted by Crippen LogP contribution is -2.12. The Morgan fingerprint density at radius 1 is 1.24 bits per heavy atom. The van der Waals surface area contributed by atoms with Gasteiger partial charge in [-0.1, -0.05) is 19.8 Å². The standard InChI is InChI=1S/C13H20FNO2/c1-4-5-6-11(15)9-7-12(16-2)13(17-3)8-10(9)14/h7-8,11H,4-6,15H2,1-3H3. The molecule has 1 unspecified atom stereocenters. The molecule has 1 atom stereocenters. The number of nitrogens with two attached hydrogens (primary N) is 1. The van der Waals surface area contributed by atoms with E-state index in [-0.39, 0.29) is 11.9 Å². The van der Waals surface area contributed by atoms with Gasteiger partial charge in [-0.05, 0) is 12.5 Å². The van der Waals surface area contributed by atoms with Crippen molar-refractivity contribution in [1.29, 1.82) is 0 Å².